The van der Waals surface area contributed by atoms with Crippen molar-refractivity contribution in [2.75, 3.05) is 18.6 Å². The van der Waals surface area contributed by atoms with E-state index in [1.165, 1.54) is 11.8 Å². The van der Waals surface area contributed by atoms with Crippen molar-refractivity contribution in [3.8, 4) is 0 Å². The Hall–Kier alpha value is -0.390. The average Bonchev–Trinajstić information content (AvgIpc) is 2.23. The first kappa shape index (κ1) is 14.7. The van der Waals surface area contributed by atoms with Crippen molar-refractivity contribution in [1.82, 2.24) is 5.32 Å². The summed E-state index contributed by atoms with van der Waals surface area (Å²) in [5, 5.41) is 3.31. The summed E-state index contributed by atoms with van der Waals surface area (Å²) in [6, 6.07) is 8.33. The maximum absolute atomic E-state index is 11.0. The van der Waals surface area contributed by atoms with Gasteiger partial charge >= 0.3 is 0 Å². The molecule has 1 aromatic carbocycles. The van der Waals surface area contributed by atoms with Crippen molar-refractivity contribution in [2.24, 2.45) is 0 Å². The van der Waals surface area contributed by atoms with Crippen LogP contribution in [0.1, 0.15) is 24.9 Å². The number of hydrogen-bond donors (Lipinski definition) is 1. The highest BCUT2D eigenvalue weighted by Gasteiger charge is 2.06. The fourth-order valence-electron chi connectivity index (χ4n) is 1.55. The number of halogens is 1. The Balaban J connectivity index is 2.38. The molecule has 1 atom stereocenters. The van der Waals surface area contributed by atoms with E-state index >= 15 is 0 Å². The van der Waals surface area contributed by atoms with Crippen LogP contribution in [0.15, 0.2) is 28.7 Å². The number of rotatable bonds is 6. The zero-order valence-electron chi connectivity index (χ0n) is 10.1. The maximum Gasteiger partial charge on any atom is 0.147 e. The van der Waals surface area contributed by atoms with Crippen molar-refractivity contribution in [2.45, 2.75) is 19.4 Å². The van der Waals surface area contributed by atoms with E-state index in [-0.39, 0.29) is 11.8 Å². The third-order valence-electron chi connectivity index (χ3n) is 2.49. The lowest BCUT2D eigenvalue weighted by Crippen LogP contribution is -2.21. The fourth-order valence-corrected chi connectivity index (χ4v) is 2.63. The van der Waals surface area contributed by atoms with Crippen molar-refractivity contribution in [3.05, 3.63) is 34.3 Å². The van der Waals surface area contributed by atoms with Gasteiger partial charge < -0.3 is 5.32 Å². The Morgan fingerprint density at radius 2 is 2.12 bits per heavy atom. The zero-order chi connectivity index (χ0) is 12.9. The van der Waals surface area contributed by atoms with Gasteiger partial charge in [-0.3, -0.25) is 0 Å². The van der Waals surface area contributed by atoms with Gasteiger partial charge in [0.05, 0.1) is 5.75 Å². The summed E-state index contributed by atoms with van der Waals surface area (Å²) in [5.41, 5.74) is 1.19. The van der Waals surface area contributed by atoms with E-state index < -0.39 is 9.84 Å². The van der Waals surface area contributed by atoms with Crippen LogP contribution in [-0.2, 0) is 9.84 Å². The lowest BCUT2D eigenvalue weighted by atomic mass is 10.1. The molecule has 96 valence electrons. The number of nitrogens with one attached hydrogen (secondary N) is 1. The number of sulfone groups is 1. The maximum atomic E-state index is 11.0. The molecule has 5 heteroatoms. The lowest BCUT2D eigenvalue weighted by Gasteiger charge is -2.14. The standard InChI is InChI=1S/C12H18BrNO2S/c1-10(11-5-3-6-12(13)9-11)14-7-4-8-17(2,15)16/h3,5-6,9-10,14H,4,7-8H2,1-2H3/t10-/m0/s1. The molecule has 17 heavy (non-hydrogen) atoms. The minimum absolute atomic E-state index is 0.229. The van der Waals surface area contributed by atoms with Crippen LogP contribution in [0.5, 0.6) is 0 Å². The summed E-state index contributed by atoms with van der Waals surface area (Å²) in [4.78, 5) is 0. The summed E-state index contributed by atoms with van der Waals surface area (Å²) in [6.07, 6.45) is 1.92. The monoisotopic (exact) mass is 319 g/mol. The molecule has 0 heterocycles. The molecule has 0 aliphatic carbocycles. The first-order valence-electron chi connectivity index (χ1n) is 5.55. The molecule has 0 spiro atoms. The first-order valence-corrected chi connectivity index (χ1v) is 8.40. The summed E-state index contributed by atoms with van der Waals surface area (Å²) >= 11 is 3.43. The second-order valence-corrected chi connectivity index (χ2v) is 7.39. The largest absolute Gasteiger partial charge is 0.310 e. The minimum atomic E-state index is -2.84. The molecular weight excluding hydrogens is 302 g/mol. The van der Waals surface area contributed by atoms with E-state index in [0.29, 0.717) is 13.0 Å². The normalized spacial score (nSPS) is 13.6. The van der Waals surface area contributed by atoms with E-state index in [9.17, 15) is 8.42 Å². The molecule has 0 saturated carbocycles. The SMILES string of the molecule is C[C@H](NCCCS(C)(=O)=O)c1cccc(Br)c1. The predicted octanol–water partition coefficient (Wildman–Crippen LogP) is 2.53. The van der Waals surface area contributed by atoms with Crippen molar-refractivity contribution in [3.63, 3.8) is 0 Å². The molecular formula is C12H18BrNO2S. The smallest absolute Gasteiger partial charge is 0.147 e. The van der Waals surface area contributed by atoms with E-state index in [1.54, 1.807) is 0 Å². The molecule has 0 saturated heterocycles. The zero-order valence-corrected chi connectivity index (χ0v) is 12.5. The van der Waals surface area contributed by atoms with Gasteiger partial charge in [-0.25, -0.2) is 8.42 Å². The summed E-state index contributed by atoms with van der Waals surface area (Å²) in [5.74, 6) is 0.241. The van der Waals surface area contributed by atoms with Crippen LogP contribution in [0.25, 0.3) is 0 Å². The molecule has 0 bridgehead atoms. The second kappa shape index (κ2) is 6.52. The van der Waals surface area contributed by atoms with Crippen molar-refractivity contribution in [1.29, 1.82) is 0 Å². The Labute approximate surface area is 112 Å². The van der Waals surface area contributed by atoms with Gasteiger partial charge in [0.15, 0.2) is 0 Å². The summed E-state index contributed by atoms with van der Waals surface area (Å²) < 4.78 is 23.0. The van der Waals surface area contributed by atoms with Crippen LogP contribution < -0.4 is 5.32 Å². The quantitative estimate of drug-likeness (QED) is 0.820. The third-order valence-corrected chi connectivity index (χ3v) is 4.01. The molecule has 0 amide bonds. The van der Waals surface area contributed by atoms with Gasteiger partial charge in [0.1, 0.15) is 9.84 Å². The molecule has 1 rings (SSSR count). The van der Waals surface area contributed by atoms with Crippen LogP contribution in [0, 0.1) is 0 Å². The molecule has 0 unspecified atom stereocenters. The van der Waals surface area contributed by atoms with Crippen LogP contribution in [0.2, 0.25) is 0 Å². The van der Waals surface area contributed by atoms with Gasteiger partial charge in [0, 0.05) is 16.8 Å². The van der Waals surface area contributed by atoms with Crippen molar-refractivity contribution < 1.29 is 8.42 Å². The fraction of sp³-hybridized carbons (Fsp3) is 0.500. The van der Waals surface area contributed by atoms with Crippen LogP contribution in [0.3, 0.4) is 0 Å². The van der Waals surface area contributed by atoms with Crippen LogP contribution in [0.4, 0.5) is 0 Å². The Morgan fingerprint density at radius 1 is 1.41 bits per heavy atom. The highest BCUT2D eigenvalue weighted by molar-refractivity contribution is 9.10. The van der Waals surface area contributed by atoms with Gasteiger partial charge in [-0.05, 0) is 37.6 Å². The average molecular weight is 320 g/mol. The van der Waals surface area contributed by atoms with Gasteiger partial charge in [-0.1, -0.05) is 28.1 Å². The van der Waals surface area contributed by atoms with Gasteiger partial charge in [0.25, 0.3) is 0 Å². The lowest BCUT2D eigenvalue weighted by molar-refractivity contribution is 0.562. The number of hydrogen-bond acceptors (Lipinski definition) is 3. The van der Waals surface area contributed by atoms with Gasteiger partial charge in [-0.15, -0.1) is 0 Å². The van der Waals surface area contributed by atoms with Gasteiger partial charge in [0.2, 0.25) is 0 Å². The van der Waals surface area contributed by atoms with Crippen LogP contribution in [-0.4, -0.2) is 27.0 Å². The molecule has 0 aliphatic rings. The van der Waals surface area contributed by atoms with E-state index in [4.69, 9.17) is 0 Å². The van der Waals surface area contributed by atoms with Crippen LogP contribution >= 0.6 is 15.9 Å². The predicted molar refractivity (Wildman–Crippen MR) is 74.9 cm³/mol. The molecule has 1 aromatic rings. The minimum Gasteiger partial charge on any atom is -0.310 e. The van der Waals surface area contributed by atoms with E-state index in [0.717, 1.165) is 4.47 Å². The topological polar surface area (TPSA) is 46.2 Å². The number of benzene rings is 1. The Morgan fingerprint density at radius 3 is 2.71 bits per heavy atom. The molecule has 1 N–H and O–H groups in total. The second-order valence-electron chi connectivity index (χ2n) is 4.21. The molecule has 0 radical (unpaired) electrons. The molecule has 0 aliphatic heterocycles. The van der Waals surface area contributed by atoms with E-state index in [2.05, 4.69) is 40.3 Å². The van der Waals surface area contributed by atoms with E-state index in [1.807, 2.05) is 12.1 Å². The molecule has 3 nitrogen and oxygen atoms in total. The van der Waals surface area contributed by atoms with Crippen molar-refractivity contribution >= 4 is 25.8 Å². The highest BCUT2D eigenvalue weighted by Crippen LogP contribution is 2.17. The molecule has 0 fully saturated rings. The summed E-state index contributed by atoms with van der Waals surface area (Å²) in [6.45, 7) is 2.78. The highest BCUT2D eigenvalue weighted by atomic mass is 79.9. The third kappa shape index (κ3) is 6.19. The van der Waals surface area contributed by atoms with Gasteiger partial charge in [-0.2, -0.15) is 0 Å². The first-order chi connectivity index (χ1) is 7.88. The summed E-state index contributed by atoms with van der Waals surface area (Å²) in [7, 11) is -2.84. The Kier molecular flexibility index (Phi) is 5.62. The Bertz CT molecular complexity index is 459. The molecule has 0 aromatic heterocycles.